The van der Waals surface area contributed by atoms with Crippen LogP contribution in [0.4, 0.5) is 0 Å². The molecule has 0 unspecified atom stereocenters. The van der Waals surface area contributed by atoms with Crippen LogP contribution in [0.1, 0.15) is 5.56 Å². The fourth-order valence-corrected chi connectivity index (χ4v) is 1.39. The summed E-state index contributed by atoms with van der Waals surface area (Å²) in [5, 5.41) is 18.6. The zero-order chi connectivity index (χ0) is 10.8. The van der Waals surface area contributed by atoms with E-state index in [1.165, 1.54) is 18.2 Å². The van der Waals surface area contributed by atoms with Crippen molar-refractivity contribution in [3.63, 3.8) is 0 Å². The van der Waals surface area contributed by atoms with Crippen molar-refractivity contribution in [1.29, 1.82) is 0 Å². The molecule has 74 valence electrons. The zero-order valence-electron chi connectivity index (χ0n) is 8.63. The van der Waals surface area contributed by atoms with Crippen LogP contribution in [-0.2, 0) is 0 Å². The van der Waals surface area contributed by atoms with Crippen molar-refractivity contribution >= 4 is 8.07 Å². The van der Waals surface area contributed by atoms with Crippen molar-refractivity contribution < 1.29 is 10.2 Å². The quantitative estimate of drug-likeness (QED) is 0.388. The average molecular weight is 206 g/mol. The number of aromatic hydroxyl groups is 2. The predicted octanol–water partition coefficient (Wildman–Crippen LogP) is 2.33. The summed E-state index contributed by atoms with van der Waals surface area (Å²) in [5.41, 5.74) is 3.62. The maximum atomic E-state index is 9.43. The summed E-state index contributed by atoms with van der Waals surface area (Å²) in [7, 11) is -1.43. The number of rotatable bonds is 0. The first-order valence-corrected chi connectivity index (χ1v) is 7.94. The van der Waals surface area contributed by atoms with Crippen LogP contribution in [0.25, 0.3) is 0 Å². The van der Waals surface area contributed by atoms with Gasteiger partial charge in [0.2, 0.25) is 0 Å². The van der Waals surface area contributed by atoms with Crippen LogP contribution in [-0.4, -0.2) is 18.3 Å². The number of benzene rings is 1. The van der Waals surface area contributed by atoms with Gasteiger partial charge in [0.25, 0.3) is 0 Å². The van der Waals surface area contributed by atoms with Gasteiger partial charge >= 0.3 is 0 Å². The van der Waals surface area contributed by atoms with Gasteiger partial charge < -0.3 is 10.2 Å². The van der Waals surface area contributed by atoms with E-state index in [1.54, 1.807) is 0 Å². The first kappa shape index (κ1) is 10.7. The molecule has 0 aliphatic rings. The number of phenols is 2. The van der Waals surface area contributed by atoms with Crippen molar-refractivity contribution in [3.05, 3.63) is 23.8 Å². The highest BCUT2D eigenvalue weighted by Gasteiger charge is 2.08. The minimum atomic E-state index is -1.43. The highest BCUT2D eigenvalue weighted by molar-refractivity contribution is 6.83. The Labute approximate surface area is 85.2 Å². The van der Waals surface area contributed by atoms with E-state index in [0.29, 0.717) is 5.56 Å². The molecule has 2 N–H and O–H groups in total. The molecule has 0 fully saturated rings. The summed E-state index contributed by atoms with van der Waals surface area (Å²) in [6.45, 7) is 6.37. The second-order valence-corrected chi connectivity index (χ2v) is 8.95. The topological polar surface area (TPSA) is 40.5 Å². The van der Waals surface area contributed by atoms with Crippen LogP contribution >= 0.6 is 0 Å². The van der Waals surface area contributed by atoms with Gasteiger partial charge in [0.15, 0.2) is 0 Å². The minimum absolute atomic E-state index is 0.119. The lowest BCUT2D eigenvalue weighted by Crippen LogP contribution is -2.16. The Balaban J connectivity index is 3.06. The standard InChI is InChI=1S/C11H14O2Si/c1-14(2,3)7-6-9-8-10(12)4-5-11(9)13/h4-5,8,12-13H,1-3H3. The molecule has 0 saturated heterocycles. The number of phenolic OH excluding ortho intramolecular Hbond substituents is 2. The number of hydrogen-bond donors (Lipinski definition) is 2. The van der Waals surface area contributed by atoms with Gasteiger partial charge in [-0.05, 0) is 18.2 Å². The molecular formula is C11H14O2Si. The third kappa shape index (κ3) is 3.15. The first-order chi connectivity index (χ1) is 6.38. The minimum Gasteiger partial charge on any atom is -0.508 e. The van der Waals surface area contributed by atoms with Gasteiger partial charge in [-0.2, -0.15) is 0 Å². The van der Waals surface area contributed by atoms with Crippen LogP contribution in [0, 0.1) is 11.5 Å². The summed E-state index contributed by atoms with van der Waals surface area (Å²) in [6, 6.07) is 4.36. The van der Waals surface area contributed by atoms with Gasteiger partial charge in [0.05, 0.1) is 5.56 Å². The van der Waals surface area contributed by atoms with Gasteiger partial charge in [-0.15, -0.1) is 5.54 Å². The molecule has 0 bridgehead atoms. The Kier molecular flexibility index (Phi) is 2.87. The second kappa shape index (κ2) is 3.77. The van der Waals surface area contributed by atoms with E-state index in [-0.39, 0.29) is 11.5 Å². The van der Waals surface area contributed by atoms with E-state index >= 15 is 0 Å². The maximum Gasteiger partial charge on any atom is 0.131 e. The lowest BCUT2D eigenvalue weighted by atomic mass is 10.2. The van der Waals surface area contributed by atoms with Gasteiger partial charge in [0.1, 0.15) is 19.6 Å². The van der Waals surface area contributed by atoms with Crippen molar-refractivity contribution in [2.24, 2.45) is 0 Å². The molecule has 2 nitrogen and oxygen atoms in total. The first-order valence-electron chi connectivity index (χ1n) is 4.44. The van der Waals surface area contributed by atoms with E-state index in [9.17, 15) is 10.2 Å². The van der Waals surface area contributed by atoms with Crippen molar-refractivity contribution in [1.82, 2.24) is 0 Å². The molecule has 0 spiro atoms. The normalized spacial score (nSPS) is 10.5. The molecule has 0 atom stereocenters. The number of hydrogen-bond acceptors (Lipinski definition) is 2. The monoisotopic (exact) mass is 206 g/mol. The largest absolute Gasteiger partial charge is 0.508 e. The van der Waals surface area contributed by atoms with Crippen molar-refractivity contribution in [2.75, 3.05) is 0 Å². The van der Waals surface area contributed by atoms with E-state index in [4.69, 9.17) is 0 Å². The summed E-state index contributed by atoms with van der Waals surface area (Å²) in [4.78, 5) is 0. The predicted molar refractivity (Wildman–Crippen MR) is 60.0 cm³/mol. The molecule has 0 aliphatic heterocycles. The fourth-order valence-electron chi connectivity index (χ4n) is 0.879. The molecule has 1 aromatic rings. The zero-order valence-corrected chi connectivity index (χ0v) is 9.63. The molecule has 0 heterocycles. The smallest absolute Gasteiger partial charge is 0.131 e. The molecular weight excluding hydrogens is 192 g/mol. The summed E-state index contributed by atoms with van der Waals surface area (Å²) in [6.07, 6.45) is 0. The van der Waals surface area contributed by atoms with Crippen molar-refractivity contribution in [2.45, 2.75) is 19.6 Å². The van der Waals surface area contributed by atoms with Crippen LogP contribution in [0.2, 0.25) is 19.6 Å². The summed E-state index contributed by atoms with van der Waals surface area (Å²) in [5.74, 6) is 3.14. The lowest BCUT2D eigenvalue weighted by Gasteiger charge is -2.04. The van der Waals surface area contributed by atoms with E-state index < -0.39 is 8.07 Å². The Morgan fingerprint density at radius 3 is 2.36 bits per heavy atom. The molecule has 0 radical (unpaired) electrons. The molecule has 1 rings (SSSR count). The van der Waals surface area contributed by atoms with Crippen LogP contribution in [0.3, 0.4) is 0 Å². The Morgan fingerprint density at radius 1 is 1.14 bits per heavy atom. The average Bonchev–Trinajstić information content (AvgIpc) is 2.05. The fraction of sp³-hybridized carbons (Fsp3) is 0.273. The third-order valence-corrected chi connectivity index (χ3v) is 2.43. The van der Waals surface area contributed by atoms with Gasteiger partial charge in [-0.3, -0.25) is 0 Å². The molecule has 0 aromatic heterocycles. The SMILES string of the molecule is C[Si](C)(C)C#Cc1cc(O)ccc1O. The Morgan fingerprint density at radius 2 is 1.79 bits per heavy atom. The van der Waals surface area contributed by atoms with Gasteiger partial charge in [-0.25, -0.2) is 0 Å². The van der Waals surface area contributed by atoms with Gasteiger partial charge in [0, 0.05) is 0 Å². The van der Waals surface area contributed by atoms with E-state index in [2.05, 4.69) is 31.1 Å². The molecule has 14 heavy (non-hydrogen) atoms. The van der Waals surface area contributed by atoms with Crippen LogP contribution in [0.5, 0.6) is 11.5 Å². The Hall–Kier alpha value is -1.40. The molecule has 3 heteroatoms. The lowest BCUT2D eigenvalue weighted by molar-refractivity contribution is 0.459. The van der Waals surface area contributed by atoms with E-state index in [0.717, 1.165) is 0 Å². The van der Waals surface area contributed by atoms with E-state index in [1.807, 2.05) is 0 Å². The maximum absolute atomic E-state index is 9.43. The second-order valence-electron chi connectivity index (χ2n) is 4.20. The highest BCUT2D eigenvalue weighted by atomic mass is 28.3. The summed E-state index contributed by atoms with van der Waals surface area (Å²) >= 11 is 0. The molecule has 0 amide bonds. The van der Waals surface area contributed by atoms with Gasteiger partial charge in [-0.1, -0.05) is 25.6 Å². The highest BCUT2D eigenvalue weighted by Crippen LogP contribution is 2.20. The van der Waals surface area contributed by atoms with Crippen LogP contribution < -0.4 is 0 Å². The Bertz CT molecular complexity index is 394. The molecule has 1 aromatic carbocycles. The third-order valence-electron chi connectivity index (χ3n) is 1.55. The van der Waals surface area contributed by atoms with Crippen LogP contribution in [0.15, 0.2) is 18.2 Å². The van der Waals surface area contributed by atoms with Crippen molar-refractivity contribution in [3.8, 4) is 23.0 Å². The molecule has 0 saturated carbocycles. The summed E-state index contributed by atoms with van der Waals surface area (Å²) < 4.78 is 0. The molecule has 0 aliphatic carbocycles.